The SMILES string of the molecule is CCCCCCOc1ccc(-c2nc3s/c(=C/c4ccc(OCCC(C)C)c(OC)c4)c(=O)n3n2)cc1. The van der Waals surface area contributed by atoms with E-state index in [2.05, 4.69) is 30.9 Å². The van der Waals surface area contributed by atoms with Crippen molar-refractivity contribution in [3.05, 3.63) is 62.9 Å². The van der Waals surface area contributed by atoms with E-state index in [0.717, 1.165) is 36.3 Å². The molecule has 0 bridgehead atoms. The van der Waals surface area contributed by atoms with E-state index < -0.39 is 0 Å². The Labute approximate surface area is 221 Å². The van der Waals surface area contributed by atoms with E-state index in [0.29, 0.717) is 39.3 Å². The highest BCUT2D eigenvalue weighted by molar-refractivity contribution is 7.15. The van der Waals surface area contributed by atoms with Gasteiger partial charge in [-0.05, 0) is 66.8 Å². The van der Waals surface area contributed by atoms with Crippen LogP contribution in [0, 0.1) is 5.92 Å². The molecule has 0 saturated carbocycles. The maximum absolute atomic E-state index is 13.0. The normalized spacial score (nSPS) is 12.0. The molecule has 0 spiro atoms. The van der Waals surface area contributed by atoms with Crippen LogP contribution in [0.15, 0.2) is 47.3 Å². The fourth-order valence-corrected chi connectivity index (χ4v) is 4.73. The van der Waals surface area contributed by atoms with Gasteiger partial charge in [0.1, 0.15) is 5.75 Å². The molecule has 4 aromatic rings. The molecule has 0 aliphatic carbocycles. The summed E-state index contributed by atoms with van der Waals surface area (Å²) in [6.45, 7) is 7.88. The van der Waals surface area contributed by atoms with E-state index in [1.54, 1.807) is 7.11 Å². The van der Waals surface area contributed by atoms with E-state index >= 15 is 0 Å². The van der Waals surface area contributed by atoms with Crippen LogP contribution in [0.3, 0.4) is 0 Å². The third kappa shape index (κ3) is 6.89. The molecule has 196 valence electrons. The van der Waals surface area contributed by atoms with Gasteiger partial charge in [-0.2, -0.15) is 9.50 Å². The molecule has 37 heavy (non-hydrogen) atoms. The summed E-state index contributed by atoms with van der Waals surface area (Å²) in [4.78, 5) is 18.2. The summed E-state index contributed by atoms with van der Waals surface area (Å²) in [6, 6.07) is 13.4. The Balaban J connectivity index is 1.48. The fourth-order valence-electron chi connectivity index (χ4n) is 3.82. The molecule has 7 nitrogen and oxygen atoms in total. The number of methoxy groups -OCH3 is 1. The molecule has 0 radical (unpaired) electrons. The number of nitrogens with zero attached hydrogens (tertiary/aromatic N) is 3. The zero-order valence-electron chi connectivity index (χ0n) is 22.0. The van der Waals surface area contributed by atoms with Crippen molar-refractivity contribution in [1.82, 2.24) is 14.6 Å². The van der Waals surface area contributed by atoms with Crippen molar-refractivity contribution in [3.63, 3.8) is 0 Å². The van der Waals surface area contributed by atoms with E-state index in [-0.39, 0.29) is 5.56 Å². The maximum atomic E-state index is 13.0. The minimum absolute atomic E-state index is 0.193. The molecule has 4 rings (SSSR count). The Bertz CT molecular complexity index is 1410. The molecular formula is C29H35N3O4S. The van der Waals surface area contributed by atoms with Crippen molar-refractivity contribution in [2.24, 2.45) is 5.92 Å². The molecule has 0 aliphatic heterocycles. The first-order valence-electron chi connectivity index (χ1n) is 12.9. The van der Waals surface area contributed by atoms with Crippen LogP contribution in [-0.4, -0.2) is 34.9 Å². The van der Waals surface area contributed by atoms with Crippen LogP contribution in [0.4, 0.5) is 0 Å². The second kappa shape index (κ2) is 12.7. The van der Waals surface area contributed by atoms with Crippen LogP contribution in [-0.2, 0) is 0 Å². The first kappa shape index (κ1) is 26.7. The Morgan fingerprint density at radius 2 is 1.81 bits per heavy atom. The minimum Gasteiger partial charge on any atom is -0.494 e. The number of rotatable bonds is 13. The monoisotopic (exact) mass is 521 g/mol. The summed E-state index contributed by atoms with van der Waals surface area (Å²) in [5.74, 6) is 3.26. The standard InChI is InChI=1S/C29H35N3O4S/c1-5-6-7-8-16-35-23-12-10-22(11-13-23)27-30-29-32(31-27)28(33)26(37-29)19-21-9-14-24(25(18-21)34-4)36-17-15-20(2)3/h9-14,18-20H,5-8,15-17H2,1-4H3/b26-19+. The van der Waals surface area contributed by atoms with Crippen LogP contribution in [0.1, 0.15) is 58.4 Å². The van der Waals surface area contributed by atoms with Crippen LogP contribution in [0.25, 0.3) is 22.4 Å². The lowest BCUT2D eigenvalue weighted by atomic mass is 10.1. The molecule has 8 heteroatoms. The quantitative estimate of drug-likeness (QED) is 0.208. The zero-order valence-corrected chi connectivity index (χ0v) is 22.8. The molecule has 0 saturated heterocycles. The Morgan fingerprint density at radius 3 is 2.51 bits per heavy atom. The van der Waals surface area contributed by atoms with Crippen molar-refractivity contribution >= 4 is 22.4 Å². The summed E-state index contributed by atoms with van der Waals surface area (Å²) in [5, 5.41) is 4.46. The first-order chi connectivity index (χ1) is 18.0. The highest BCUT2D eigenvalue weighted by Crippen LogP contribution is 2.29. The summed E-state index contributed by atoms with van der Waals surface area (Å²) in [6.07, 6.45) is 7.49. The Kier molecular flexibility index (Phi) is 9.17. The molecule has 0 amide bonds. The Hall–Kier alpha value is -3.39. The van der Waals surface area contributed by atoms with E-state index in [4.69, 9.17) is 14.2 Å². The summed E-state index contributed by atoms with van der Waals surface area (Å²) < 4.78 is 19.1. The lowest BCUT2D eigenvalue weighted by Crippen LogP contribution is -2.23. The average Bonchev–Trinajstić information content (AvgIpc) is 3.44. The zero-order chi connectivity index (χ0) is 26.2. The largest absolute Gasteiger partial charge is 0.494 e. The predicted molar refractivity (Wildman–Crippen MR) is 149 cm³/mol. The molecule has 0 fully saturated rings. The summed E-state index contributed by atoms with van der Waals surface area (Å²) in [7, 11) is 1.62. The van der Waals surface area contributed by atoms with Crippen LogP contribution in [0.2, 0.25) is 0 Å². The van der Waals surface area contributed by atoms with Gasteiger partial charge >= 0.3 is 0 Å². The van der Waals surface area contributed by atoms with Crippen molar-refractivity contribution in [3.8, 4) is 28.6 Å². The first-order valence-corrected chi connectivity index (χ1v) is 13.8. The molecule has 2 aromatic carbocycles. The van der Waals surface area contributed by atoms with Crippen LogP contribution < -0.4 is 24.3 Å². The van der Waals surface area contributed by atoms with Gasteiger partial charge in [-0.3, -0.25) is 4.79 Å². The predicted octanol–water partition coefficient (Wildman–Crippen LogP) is 5.76. The molecule has 2 heterocycles. The lowest BCUT2D eigenvalue weighted by molar-refractivity contribution is 0.273. The second-order valence-corrected chi connectivity index (χ2v) is 10.4. The minimum atomic E-state index is -0.193. The van der Waals surface area contributed by atoms with Gasteiger partial charge in [0.2, 0.25) is 4.96 Å². The fraction of sp³-hybridized carbons (Fsp3) is 0.414. The molecule has 0 atom stereocenters. The van der Waals surface area contributed by atoms with Gasteiger partial charge < -0.3 is 14.2 Å². The van der Waals surface area contributed by atoms with Gasteiger partial charge in [0.05, 0.1) is 24.9 Å². The Morgan fingerprint density at radius 1 is 1.00 bits per heavy atom. The van der Waals surface area contributed by atoms with Crippen molar-refractivity contribution in [1.29, 1.82) is 0 Å². The number of unbranched alkanes of at least 4 members (excludes halogenated alkanes) is 3. The third-order valence-corrected chi connectivity index (χ3v) is 6.96. The number of benzene rings is 2. The molecular weight excluding hydrogens is 486 g/mol. The number of fused-ring (bicyclic) bond motifs is 1. The van der Waals surface area contributed by atoms with Gasteiger partial charge in [-0.25, -0.2) is 0 Å². The van der Waals surface area contributed by atoms with Gasteiger partial charge in [0, 0.05) is 5.56 Å². The summed E-state index contributed by atoms with van der Waals surface area (Å²) in [5.41, 5.74) is 1.50. The number of aromatic nitrogens is 3. The lowest BCUT2D eigenvalue weighted by Gasteiger charge is -2.12. The molecule has 2 aromatic heterocycles. The van der Waals surface area contributed by atoms with E-state index in [1.807, 2.05) is 48.5 Å². The second-order valence-electron chi connectivity index (χ2n) is 9.42. The molecule has 0 unspecified atom stereocenters. The van der Waals surface area contributed by atoms with Crippen LogP contribution in [0.5, 0.6) is 17.2 Å². The number of hydrogen-bond acceptors (Lipinski definition) is 7. The van der Waals surface area contributed by atoms with Gasteiger partial charge in [0.15, 0.2) is 17.3 Å². The van der Waals surface area contributed by atoms with Crippen LogP contribution >= 0.6 is 11.3 Å². The van der Waals surface area contributed by atoms with Crippen molar-refractivity contribution < 1.29 is 14.2 Å². The van der Waals surface area contributed by atoms with Crippen molar-refractivity contribution in [2.45, 2.75) is 52.9 Å². The smallest absolute Gasteiger partial charge is 0.291 e. The van der Waals surface area contributed by atoms with Gasteiger partial charge in [-0.1, -0.05) is 57.4 Å². The maximum Gasteiger partial charge on any atom is 0.291 e. The highest BCUT2D eigenvalue weighted by atomic mass is 32.1. The van der Waals surface area contributed by atoms with E-state index in [1.165, 1.54) is 35.1 Å². The number of hydrogen-bond donors (Lipinski definition) is 0. The highest BCUT2D eigenvalue weighted by Gasteiger charge is 2.13. The number of thiazole rings is 1. The topological polar surface area (TPSA) is 75.0 Å². The van der Waals surface area contributed by atoms with Gasteiger partial charge in [0.25, 0.3) is 5.56 Å². The van der Waals surface area contributed by atoms with Gasteiger partial charge in [-0.15, -0.1) is 5.10 Å². The average molecular weight is 522 g/mol. The van der Waals surface area contributed by atoms with E-state index in [9.17, 15) is 4.79 Å². The summed E-state index contributed by atoms with van der Waals surface area (Å²) >= 11 is 1.31. The van der Waals surface area contributed by atoms with Crippen molar-refractivity contribution in [2.75, 3.05) is 20.3 Å². The third-order valence-electron chi connectivity index (χ3n) is 6.00. The number of ether oxygens (including phenoxy) is 3. The molecule has 0 aliphatic rings. The molecule has 0 N–H and O–H groups in total.